The zero-order valence-corrected chi connectivity index (χ0v) is 54.7. The molecule has 3 aromatic heterocycles. The van der Waals surface area contributed by atoms with Gasteiger partial charge in [-0.05, 0) is 116 Å². The van der Waals surface area contributed by atoms with E-state index in [-0.39, 0.29) is 137 Å². The highest BCUT2D eigenvalue weighted by Crippen LogP contribution is 2.46. The van der Waals surface area contributed by atoms with Gasteiger partial charge in [0.05, 0.1) is 21.9 Å². The van der Waals surface area contributed by atoms with Gasteiger partial charge in [0.1, 0.15) is 0 Å². The lowest BCUT2D eigenvalue weighted by Gasteiger charge is -2.42. The SMILES string of the molecule is CC(C)CN1CCc2[nH]nc(C(=O)N3CCC(c4ccccc4C(F)(F)F)CC3CC(C)S(=O)(=O)N3CCc4[nH]nc(C(=O)N5CCC(c6ccccc6C(F)(F)F)C(CC(C)C(=O)N6CCc7[nH]nc(C(=O)N8CCC(c9ccccc9C(F)(F)F)CC8)c7C6)C5)c4C3)c2C1. The van der Waals surface area contributed by atoms with Crippen LogP contribution in [0.4, 0.5) is 39.5 Å². The van der Waals surface area contributed by atoms with Crippen molar-refractivity contribution in [3.63, 3.8) is 0 Å². The van der Waals surface area contributed by atoms with Crippen molar-refractivity contribution in [1.29, 1.82) is 0 Å². The lowest BCUT2D eigenvalue weighted by Crippen LogP contribution is -2.49. The molecular formula is C68H79F9N12O6S. The number of aromatic amines is 3. The number of carbonyl (C=O) groups is 4. The number of nitrogens with one attached hydrogen (secondary N) is 3. The second kappa shape index (κ2) is 27.0. The highest BCUT2D eigenvalue weighted by Gasteiger charge is 2.46. The predicted molar refractivity (Wildman–Crippen MR) is 335 cm³/mol. The van der Waals surface area contributed by atoms with Crippen LogP contribution in [0.1, 0.15) is 189 Å². The molecule has 18 nitrogen and oxygen atoms in total. The summed E-state index contributed by atoms with van der Waals surface area (Å²) in [6.45, 7) is 9.60. The highest BCUT2D eigenvalue weighted by atomic mass is 32.2. The summed E-state index contributed by atoms with van der Waals surface area (Å²) < 4.78 is 161. The minimum absolute atomic E-state index is 0.0117. The number of hydrogen-bond donors (Lipinski definition) is 3. The first-order valence-corrected chi connectivity index (χ1v) is 34.6. The molecule has 0 saturated carbocycles. The van der Waals surface area contributed by atoms with Crippen LogP contribution >= 0.6 is 0 Å². The largest absolute Gasteiger partial charge is 0.416 e. The quantitative estimate of drug-likeness (QED) is 0.0829. The van der Waals surface area contributed by atoms with Gasteiger partial charge < -0.3 is 19.6 Å². The van der Waals surface area contributed by atoms with Gasteiger partial charge >= 0.3 is 18.5 Å². The third-order valence-corrected chi connectivity index (χ3v) is 23.0. The Bertz CT molecular complexity index is 3990. The Hall–Kier alpha value is -7.59. The third-order valence-electron chi connectivity index (χ3n) is 20.8. The molecule has 6 aliphatic heterocycles. The molecule has 4 amide bonds. The van der Waals surface area contributed by atoms with E-state index in [1.165, 1.54) is 64.7 Å². The number of nitrogens with zero attached hydrogens (tertiary/aromatic N) is 9. The Morgan fingerprint density at radius 3 is 1.59 bits per heavy atom. The van der Waals surface area contributed by atoms with Crippen LogP contribution in [0, 0.1) is 17.8 Å². The second-order valence-electron chi connectivity index (χ2n) is 27.4. The Labute approximate surface area is 550 Å². The Morgan fingerprint density at radius 1 is 0.531 bits per heavy atom. The summed E-state index contributed by atoms with van der Waals surface area (Å²) in [6, 6.07) is 15.1. The highest BCUT2D eigenvalue weighted by molar-refractivity contribution is 7.89. The normalized spacial score (nSPS) is 21.8. The standard InChI is InChI=1S/C68H79F9N12O6S/c1-39(2)34-84-24-21-56-50(36-84)61(83-78-56)65(93)89-30-19-43(48-12-6-9-15-54(48)67(72,73)74)33-45(89)32-41(4)96(94,95)88-29-23-58-52(38-88)60(82-80-58)64(92)86-27-20-46(49-13-7-10-16-55(49)68(75,76)77)44(35-86)31-40(3)62(90)87-28-22-57-51(37-87)59(81-79-57)63(91)85-25-17-42(18-26-85)47-11-5-8-14-53(47)66(69,70)71/h5-16,39-46H,17-38H2,1-4H3,(H,78,83)(H,79,81)(H,80,82). The number of rotatable bonds is 15. The Balaban J connectivity index is 0.746. The summed E-state index contributed by atoms with van der Waals surface area (Å²) in [7, 11) is -4.29. The maximum atomic E-state index is 15.0. The predicted octanol–water partition coefficient (Wildman–Crippen LogP) is 11.4. The van der Waals surface area contributed by atoms with E-state index < -0.39 is 104 Å². The number of likely N-dealkylation sites (tertiary alicyclic amines) is 3. The van der Waals surface area contributed by atoms with Crippen molar-refractivity contribution in [2.24, 2.45) is 17.8 Å². The van der Waals surface area contributed by atoms with E-state index in [1.807, 2.05) is 0 Å². The van der Waals surface area contributed by atoms with E-state index in [4.69, 9.17) is 0 Å². The minimum Gasteiger partial charge on any atom is -0.338 e. The number of alkyl halides is 9. The van der Waals surface area contributed by atoms with E-state index in [1.54, 1.807) is 27.7 Å². The van der Waals surface area contributed by atoms with Crippen molar-refractivity contribution in [3.8, 4) is 0 Å². The molecule has 3 aromatic carbocycles. The van der Waals surface area contributed by atoms with Crippen LogP contribution in [0.5, 0.6) is 0 Å². The zero-order valence-electron chi connectivity index (χ0n) is 53.9. The number of fused-ring (bicyclic) bond motifs is 3. The van der Waals surface area contributed by atoms with Crippen LogP contribution in [0.25, 0.3) is 0 Å². The smallest absolute Gasteiger partial charge is 0.338 e. The summed E-state index contributed by atoms with van der Waals surface area (Å²) in [5.41, 5.74) is 1.65. The van der Waals surface area contributed by atoms with Gasteiger partial charge in [0.15, 0.2) is 17.1 Å². The van der Waals surface area contributed by atoms with Crippen molar-refractivity contribution < 1.29 is 67.1 Å². The molecule has 6 unspecified atom stereocenters. The third kappa shape index (κ3) is 13.8. The fraction of sp³-hybridized carbons (Fsp3) is 0.544. The lowest BCUT2D eigenvalue weighted by molar-refractivity contribution is -0.139. The molecule has 28 heteroatoms. The number of hydrogen-bond acceptors (Lipinski definition) is 10. The van der Waals surface area contributed by atoms with Crippen molar-refractivity contribution in [2.45, 2.75) is 159 Å². The molecule has 0 aliphatic carbocycles. The zero-order chi connectivity index (χ0) is 68.3. The van der Waals surface area contributed by atoms with Crippen LogP contribution < -0.4 is 0 Å². The number of piperidine rings is 3. The van der Waals surface area contributed by atoms with Crippen molar-refractivity contribution in [1.82, 2.24) is 59.4 Å². The number of halogens is 9. The summed E-state index contributed by atoms with van der Waals surface area (Å²) >= 11 is 0. The number of H-pyrrole nitrogens is 3. The molecule has 6 atom stereocenters. The van der Waals surface area contributed by atoms with Gasteiger partial charge in [-0.15, -0.1) is 0 Å². The summed E-state index contributed by atoms with van der Waals surface area (Å²) in [6.07, 6.45) is -12.1. The molecule has 516 valence electrons. The molecule has 6 aliphatic rings. The average molecular weight is 1360 g/mol. The number of benzene rings is 3. The molecule has 0 bridgehead atoms. The minimum atomic E-state index is -4.74. The van der Waals surface area contributed by atoms with E-state index in [2.05, 4.69) is 49.3 Å². The Kier molecular flexibility index (Phi) is 19.2. The monoisotopic (exact) mass is 1360 g/mol. The van der Waals surface area contributed by atoms with Gasteiger partial charge in [0.2, 0.25) is 15.9 Å². The molecule has 3 saturated heterocycles. The van der Waals surface area contributed by atoms with Gasteiger partial charge in [0.25, 0.3) is 17.7 Å². The molecule has 6 aromatic rings. The maximum Gasteiger partial charge on any atom is 0.416 e. The summed E-state index contributed by atoms with van der Waals surface area (Å²) in [4.78, 5) is 67.1. The van der Waals surface area contributed by atoms with Gasteiger partial charge in [-0.25, -0.2) is 8.42 Å². The topological polar surface area (TPSA) is 208 Å². The molecule has 96 heavy (non-hydrogen) atoms. The first-order chi connectivity index (χ1) is 45.5. The van der Waals surface area contributed by atoms with E-state index in [9.17, 15) is 58.7 Å². The molecule has 3 fully saturated rings. The lowest BCUT2D eigenvalue weighted by atomic mass is 9.74. The molecule has 9 heterocycles. The van der Waals surface area contributed by atoms with Crippen molar-refractivity contribution in [2.75, 3.05) is 58.9 Å². The fourth-order valence-electron chi connectivity index (χ4n) is 16.0. The van der Waals surface area contributed by atoms with Gasteiger partial charge in [0, 0.05) is 144 Å². The van der Waals surface area contributed by atoms with Gasteiger partial charge in [-0.3, -0.25) is 39.4 Å². The molecule has 0 spiro atoms. The average Bonchev–Trinajstić information content (AvgIpc) is 1.51. The first-order valence-electron chi connectivity index (χ1n) is 33.1. The van der Waals surface area contributed by atoms with Gasteiger partial charge in [-0.1, -0.05) is 75.4 Å². The Morgan fingerprint density at radius 2 is 1.01 bits per heavy atom. The van der Waals surface area contributed by atoms with E-state index in [0.717, 1.165) is 42.5 Å². The number of amides is 4. The molecular weight excluding hydrogens is 1280 g/mol. The van der Waals surface area contributed by atoms with Gasteiger partial charge in [-0.2, -0.15) is 59.1 Å². The van der Waals surface area contributed by atoms with Crippen molar-refractivity contribution >= 4 is 33.7 Å². The second-order valence-corrected chi connectivity index (χ2v) is 29.7. The van der Waals surface area contributed by atoms with Crippen LogP contribution in [0.3, 0.4) is 0 Å². The van der Waals surface area contributed by atoms with Crippen LogP contribution in [-0.4, -0.2) is 162 Å². The van der Waals surface area contributed by atoms with Crippen LogP contribution in [-0.2, 0) is 72.2 Å². The van der Waals surface area contributed by atoms with Crippen molar-refractivity contribution in [3.05, 3.63) is 157 Å². The molecule has 12 rings (SSSR count). The molecule has 0 radical (unpaired) electrons. The van der Waals surface area contributed by atoms with Crippen LogP contribution in [0.15, 0.2) is 72.8 Å². The molecule has 3 N–H and O–H groups in total. The number of sulfonamides is 1. The van der Waals surface area contributed by atoms with E-state index >= 15 is 8.42 Å². The first kappa shape index (κ1) is 68.4. The maximum absolute atomic E-state index is 15.0. The van der Waals surface area contributed by atoms with E-state index in [0.29, 0.717) is 60.7 Å². The summed E-state index contributed by atoms with van der Waals surface area (Å²) in [5.74, 6) is -4.86. The number of aromatic nitrogens is 6. The number of carbonyl (C=O) groups excluding carboxylic acids is 4. The van der Waals surface area contributed by atoms with Crippen LogP contribution in [0.2, 0.25) is 0 Å². The fourth-order valence-corrected chi connectivity index (χ4v) is 17.6. The summed E-state index contributed by atoms with van der Waals surface area (Å²) in [5, 5.41) is 21.0.